The van der Waals surface area contributed by atoms with Crippen LogP contribution in [-0.2, 0) is 0 Å². The van der Waals surface area contributed by atoms with Crippen molar-refractivity contribution >= 4 is 0 Å². The molecule has 0 radical (unpaired) electrons. The third-order valence-corrected chi connectivity index (χ3v) is 3.26. The number of rotatable bonds is 7. The summed E-state index contributed by atoms with van der Waals surface area (Å²) in [6.07, 6.45) is 2.86. The van der Waals surface area contributed by atoms with Gasteiger partial charge in [0.15, 0.2) is 0 Å². The Morgan fingerprint density at radius 3 is 2.20 bits per heavy atom. The molecular weight excluding hydrogens is 246 g/mol. The van der Waals surface area contributed by atoms with E-state index in [1.54, 1.807) is 0 Å². The molecule has 2 rings (SSSR count). The summed E-state index contributed by atoms with van der Waals surface area (Å²) in [5, 5.41) is 9.23. The Labute approximate surface area is 120 Å². The maximum atomic E-state index is 9.23. The highest BCUT2D eigenvalue weighted by atomic mass is 16.5. The number of nitrogens with zero attached hydrogens (tertiary/aromatic N) is 1. The van der Waals surface area contributed by atoms with Crippen molar-refractivity contribution in [2.24, 2.45) is 0 Å². The van der Waals surface area contributed by atoms with Crippen molar-refractivity contribution in [3.8, 4) is 11.8 Å². The van der Waals surface area contributed by atoms with Crippen molar-refractivity contribution in [2.45, 2.75) is 25.2 Å². The minimum Gasteiger partial charge on any atom is -0.494 e. The van der Waals surface area contributed by atoms with E-state index in [0.29, 0.717) is 6.61 Å². The Bertz CT molecular complexity index is 530. The van der Waals surface area contributed by atoms with Gasteiger partial charge in [0.25, 0.3) is 0 Å². The zero-order chi connectivity index (χ0) is 14.0. The van der Waals surface area contributed by atoms with Crippen LogP contribution in [0.25, 0.3) is 0 Å². The van der Waals surface area contributed by atoms with E-state index in [0.717, 1.165) is 30.6 Å². The highest BCUT2D eigenvalue weighted by molar-refractivity contribution is 5.24. The predicted molar refractivity (Wildman–Crippen MR) is 80.6 cm³/mol. The number of unbranched alkanes of at least 4 members (excludes halogenated alkanes) is 1. The summed E-state index contributed by atoms with van der Waals surface area (Å²) >= 11 is 0. The molecule has 0 aliphatic heterocycles. The van der Waals surface area contributed by atoms with E-state index >= 15 is 0 Å². The molecule has 2 nitrogen and oxygen atoms in total. The van der Waals surface area contributed by atoms with Gasteiger partial charge in [-0.15, -0.1) is 0 Å². The molecule has 1 atom stereocenters. The third kappa shape index (κ3) is 4.44. The van der Waals surface area contributed by atoms with Crippen molar-refractivity contribution in [3.63, 3.8) is 0 Å². The Kier molecular flexibility index (Phi) is 5.67. The van der Waals surface area contributed by atoms with Crippen LogP contribution >= 0.6 is 0 Å². The van der Waals surface area contributed by atoms with Crippen LogP contribution < -0.4 is 4.74 Å². The van der Waals surface area contributed by atoms with Gasteiger partial charge in [0.2, 0.25) is 0 Å². The van der Waals surface area contributed by atoms with E-state index in [2.05, 4.69) is 6.07 Å². The van der Waals surface area contributed by atoms with E-state index < -0.39 is 0 Å². The van der Waals surface area contributed by atoms with E-state index in [4.69, 9.17) is 4.74 Å². The molecule has 0 N–H and O–H groups in total. The maximum absolute atomic E-state index is 9.23. The fraction of sp³-hybridized carbons (Fsp3) is 0.278. The van der Waals surface area contributed by atoms with E-state index in [-0.39, 0.29) is 5.92 Å². The molecule has 0 amide bonds. The number of hydrogen-bond acceptors (Lipinski definition) is 2. The monoisotopic (exact) mass is 265 g/mol. The van der Waals surface area contributed by atoms with Gasteiger partial charge in [0.1, 0.15) is 5.75 Å². The van der Waals surface area contributed by atoms with Crippen molar-refractivity contribution in [3.05, 3.63) is 66.2 Å². The smallest absolute Gasteiger partial charge is 0.119 e. The number of benzene rings is 2. The number of para-hydroxylation sites is 1. The molecule has 0 heterocycles. The first-order valence-electron chi connectivity index (χ1n) is 7.02. The summed E-state index contributed by atoms with van der Waals surface area (Å²) in [6, 6.07) is 22.2. The lowest BCUT2D eigenvalue weighted by Crippen LogP contribution is -2.00. The predicted octanol–water partition coefficient (Wildman–Crippen LogP) is 4.54. The fourth-order valence-corrected chi connectivity index (χ4v) is 2.15. The minimum absolute atomic E-state index is 0.00655. The molecule has 0 saturated carbocycles. The molecule has 0 aliphatic carbocycles. The van der Waals surface area contributed by atoms with Gasteiger partial charge in [0.05, 0.1) is 18.6 Å². The molecule has 0 bridgehead atoms. The van der Waals surface area contributed by atoms with E-state index in [1.807, 2.05) is 60.7 Å². The molecule has 0 fully saturated rings. The second-order valence-corrected chi connectivity index (χ2v) is 4.75. The minimum atomic E-state index is -0.00655. The third-order valence-electron chi connectivity index (χ3n) is 3.26. The number of hydrogen-bond donors (Lipinski definition) is 0. The summed E-state index contributed by atoms with van der Waals surface area (Å²) in [7, 11) is 0. The van der Waals surface area contributed by atoms with Crippen molar-refractivity contribution in [1.29, 1.82) is 5.26 Å². The average Bonchev–Trinajstić information content (AvgIpc) is 2.53. The van der Waals surface area contributed by atoms with Crippen LogP contribution in [-0.4, -0.2) is 6.61 Å². The highest BCUT2D eigenvalue weighted by Gasteiger charge is 2.09. The van der Waals surface area contributed by atoms with Crippen LogP contribution in [0, 0.1) is 11.3 Å². The van der Waals surface area contributed by atoms with Gasteiger partial charge >= 0.3 is 0 Å². The Hall–Kier alpha value is -2.27. The molecule has 2 heteroatoms. The lowest BCUT2D eigenvalue weighted by atomic mass is 9.95. The summed E-state index contributed by atoms with van der Waals surface area (Å²) in [5.41, 5.74) is 1.11. The summed E-state index contributed by atoms with van der Waals surface area (Å²) in [6.45, 7) is 0.705. The molecule has 102 valence electrons. The second kappa shape index (κ2) is 8.01. The van der Waals surface area contributed by atoms with Crippen molar-refractivity contribution in [2.75, 3.05) is 6.61 Å². The van der Waals surface area contributed by atoms with Gasteiger partial charge in [-0.25, -0.2) is 0 Å². The fourth-order valence-electron chi connectivity index (χ4n) is 2.15. The molecule has 0 aliphatic rings. The van der Waals surface area contributed by atoms with Gasteiger partial charge < -0.3 is 4.74 Å². The van der Waals surface area contributed by atoms with Gasteiger partial charge in [0, 0.05) is 0 Å². The molecule has 0 aromatic heterocycles. The molecule has 1 unspecified atom stereocenters. The van der Waals surface area contributed by atoms with Gasteiger partial charge in [-0.05, 0) is 37.0 Å². The molecule has 2 aromatic rings. The topological polar surface area (TPSA) is 33.0 Å². The number of ether oxygens (including phenoxy) is 1. The average molecular weight is 265 g/mol. The molecule has 2 aromatic carbocycles. The zero-order valence-corrected chi connectivity index (χ0v) is 11.5. The Balaban J connectivity index is 1.69. The molecule has 20 heavy (non-hydrogen) atoms. The van der Waals surface area contributed by atoms with Gasteiger partial charge in [-0.3, -0.25) is 0 Å². The normalized spacial score (nSPS) is 11.6. The Morgan fingerprint density at radius 2 is 1.55 bits per heavy atom. The largest absolute Gasteiger partial charge is 0.494 e. The lowest BCUT2D eigenvalue weighted by molar-refractivity contribution is 0.304. The summed E-state index contributed by atoms with van der Waals surface area (Å²) in [4.78, 5) is 0. The quantitative estimate of drug-likeness (QED) is 0.688. The van der Waals surface area contributed by atoms with Crippen LogP contribution in [0.1, 0.15) is 30.7 Å². The van der Waals surface area contributed by atoms with Crippen molar-refractivity contribution in [1.82, 2.24) is 0 Å². The molecule has 0 saturated heterocycles. The van der Waals surface area contributed by atoms with Crippen LogP contribution in [0.3, 0.4) is 0 Å². The Morgan fingerprint density at radius 1 is 0.900 bits per heavy atom. The SMILES string of the molecule is N#CC(CCCCOc1ccccc1)c1ccccc1. The first-order valence-corrected chi connectivity index (χ1v) is 7.02. The summed E-state index contributed by atoms with van der Waals surface area (Å²) in [5.74, 6) is 0.903. The second-order valence-electron chi connectivity index (χ2n) is 4.75. The van der Waals surface area contributed by atoms with Gasteiger partial charge in [-0.2, -0.15) is 5.26 Å². The van der Waals surface area contributed by atoms with E-state index in [1.165, 1.54) is 0 Å². The molecular formula is C18H19NO. The zero-order valence-electron chi connectivity index (χ0n) is 11.5. The standard InChI is InChI=1S/C18H19NO/c19-15-17(16-9-3-1-4-10-16)11-7-8-14-20-18-12-5-2-6-13-18/h1-6,9-10,12-13,17H,7-8,11,14H2. The highest BCUT2D eigenvalue weighted by Crippen LogP contribution is 2.21. The van der Waals surface area contributed by atoms with Crippen LogP contribution in [0.4, 0.5) is 0 Å². The maximum Gasteiger partial charge on any atom is 0.119 e. The number of nitriles is 1. The molecule has 0 spiro atoms. The van der Waals surface area contributed by atoms with Gasteiger partial charge in [-0.1, -0.05) is 48.5 Å². The van der Waals surface area contributed by atoms with Crippen LogP contribution in [0.5, 0.6) is 5.75 Å². The van der Waals surface area contributed by atoms with Crippen LogP contribution in [0.15, 0.2) is 60.7 Å². The van der Waals surface area contributed by atoms with Crippen molar-refractivity contribution < 1.29 is 4.74 Å². The first kappa shape index (κ1) is 14.1. The lowest BCUT2D eigenvalue weighted by Gasteiger charge is -2.09. The van der Waals surface area contributed by atoms with Crippen LogP contribution in [0.2, 0.25) is 0 Å². The van der Waals surface area contributed by atoms with E-state index in [9.17, 15) is 5.26 Å². The first-order chi connectivity index (χ1) is 9.90. The summed E-state index contributed by atoms with van der Waals surface area (Å²) < 4.78 is 5.64.